The molecule has 2 bridgehead atoms. The van der Waals surface area contributed by atoms with Gasteiger partial charge in [0.2, 0.25) is 5.88 Å². The number of rotatable bonds is 9. The standard InChI is InChI=1S/C30H37N5O5/c1-29(2)13-21-14-30(3,17-29)18-34(21)19-35-23-9-7-6-8-22(23)27(28(35)37)33-32-26(36)16-40-31-15-20-10-11-24(38-4)25(12-20)39-5/h6-12,15,21,37H,13-14,16-19H2,1-5H3/b31-15+,33-32?. The average molecular weight is 548 g/mol. The van der Waals surface area contributed by atoms with E-state index in [1.807, 2.05) is 28.8 Å². The Hall–Kier alpha value is -3.92. The number of nitrogens with zero attached hydrogens (tertiary/aromatic N) is 5. The summed E-state index contributed by atoms with van der Waals surface area (Å²) in [7, 11) is 3.11. The normalized spacial score (nSPS) is 22.4. The third-order valence-corrected chi connectivity index (χ3v) is 7.90. The number of carbonyl (C=O) groups excluding carboxylic acids is 1. The highest BCUT2D eigenvalue weighted by Crippen LogP contribution is 2.53. The molecule has 1 saturated heterocycles. The lowest BCUT2D eigenvalue weighted by Gasteiger charge is -2.40. The molecule has 5 rings (SSSR count). The summed E-state index contributed by atoms with van der Waals surface area (Å²) in [5.41, 5.74) is 2.42. The van der Waals surface area contributed by atoms with Crippen LogP contribution in [0.15, 0.2) is 57.8 Å². The molecule has 40 heavy (non-hydrogen) atoms. The number of aromatic nitrogens is 1. The van der Waals surface area contributed by atoms with Crippen LogP contribution in [-0.4, -0.2) is 60.1 Å². The quantitative estimate of drug-likeness (QED) is 0.203. The summed E-state index contributed by atoms with van der Waals surface area (Å²) < 4.78 is 12.4. The van der Waals surface area contributed by atoms with Crippen molar-refractivity contribution < 1.29 is 24.2 Å². The minimum Gasteiger partial charge on any atom is -0.493 e. The van der Waals surface area contributed by atoms with Gasteiger partial charge in [-0.25, -0.2) is 0 Å². The summed E-state index contributed by atoms with van der Waals surface area (Å²) in [5.74, 6) is 0.531. The number of azo groups is 1. The maximum absolute atomic E-state index is 12.4. The molecule has 1 aromatic heterocycles. The van der Waals surface area contributed by atoms with Crippen LogP contribution in [0.2, 0.25) is 0 Å². The van der Waals surface area contributed by atoms with E-state index < -0.39 is 12.5 Å². The molecule has 2 unspecified atom stereocenters. The molecule has 2 heterocycles. The Morgan fingerprint density at radius 1 is 1.10 bits per heavy atom. The first-order chi connectivity index (χ1) is 19.1. The molecule has 2 fully saturated rings. The largest absolute Gasteiger partial charge is 0.493 e. The predicted molar refractivity (Wildman–Crippen MR) is 152 cm³/mol. The maximum atomic E-state index is 12.4. The van der Waals surface area contributed by atoms with Crippen LogP contribution in [0, 0.1) is 10.8 Å². The number of amides is 1. The zero-order chi connectivity index (χ0) is 28.5. The van der Waals surface area contributed by atoms with Crippen LogP contribution < -0.4 is 9.47 Å². The number of oxime groups is 1. The summed E-state index contributed by atoms with van der Waals surface area (Å²) in [6.45, 7) is 8.23. The fourth-order valence-corrected chi connectivity index (χ4v) is 6.70. The second-order valence-electron chi connectivity index (χ2n) is 11.9. The van der Waals surface area contributed by atoms with Crippen LogP contribution in [0.4, 0.5) is 5.69 Å². The number of benzene rings is 2. The van der Waals surface area contributed by atoms with E-state index in [4.69, 9.17) is 14.3 Å². The average Bonchev–Trinajstić information content (AvgIpc) is 3.32. The second-order valence-corrected chi connectivity index (χ2v) is 11.9. The van der Waals surface area contributed by atoms with Gasteiger partial charge in [-0.15, -0.1) is 10.2 Å². The van der Waals surface area contributed by atoms with Crippen molar-refractivity contribution in [3.8, 4) is 17.4 Å². The van der Waals surface area contributed by atoms with Gasteiger partial charge in [-0.3, -0.25) is 14.3 Å². The highest BCUT2D eigenvalue weighted by molar-refractivity contribution is 5.95. The van der Waals surface area contributed by atoms with Gasteiger partial charge in [0.25, 0.3) is 0 Å². The molecule has 1 aliphatic heterocycles. The third-order valence-electron chi connectivity index (χ3n) is 7.90. The molecule has 1 saturated carbocycles. The van der Waals surface area contributed by atoms with Crippen LogP contribution in [0.1, 0.15) is 45.6 Å². The molecule has 0 radical (unpaired) electrons. The molecule has 212 valence electrons. The Morgan fingerprint density at radius 3 is 2.65 bits per heavy atom. The van der Waals surface area contributed by atoms with Crippen molar-refractivity contribution in [2.45, 2.75) is 52.7 Å². The number of para-hydroxylation sites is 1. The van der Waals surface area contributed by atoms with Crippen LogP contribution in [-0.2, 0) is 16.3 Å². The fourth-order valence-electron chi connectivity index (χ4n) is 6.70. The number of carbonyl (C=O) groups is 1. The molecule has 1 N–H and O–H groups in total. The zero-order valence-corrected chi connectivity index (χ0v) is 23.8. The molecule has 0 spiro atoms. The topological polar surface area (TPSA) is 110 Å². The first-order valence-electron chi connectivity index (χ1n) is 13.5. The Bertz CT molecular complexity index is 1460. The number of hydrogen-bond acceptors (Lipinski definition) is 8. The summed E-state index contributed by atoms with van der Waals surface area (Å²) >= 11 is 0. The number of methoxy groups -OCH3 is 2. The van der Waals surface area contributed by atoms with Crippen molar-refractivity contribution in [3.63, 3.8) is 0 Å². The Kier molecular flexibility index (Phi) is 7.55. The number of likely N-dealkylation sites (tertiary alicyclic amines) is 1. The molecule has 2 aliphatic rings. The smallest absolute Gasteiger partial charge is 0.304 e. The molecule has 2 aromatic carbocycles. The number of ether oxygens (including phenoxy) is 2. The van der Waals surface area contributed by atoms with Gasteiger partial charge < -0.3 is 19.4 Å². The summed E-state index contributed by atoms with van der Waals surface area (Å²) in [6.07, 6.45) is 4.97. The lowest BCUT2D eigenvalue weighted by Crippen LogP contribution is -2.35. The van der Waals surface area contributed by atoms with E-state index in [2.05, 4.69) is 41.1 Å². The lowest BCUT2D eigenvalue weighted by molar-refractivity contribution is -0.122. The Labute approximate surface area is 234 Å². The van der Waals surface area contributed by atoms with Crippen molar-refractivity contribution in [1.82, 2.24) is 9.47 Å². The molecule has 10 heteroatoms. The number of aromatic hydroxyl groups is 1. The van der Waals surface area contributed by atoms with Gasteiger partial charge in [-0.1, -0.05) is 44.1 Å². The SMILES string of the molecule is COc1ccc(/C=N/OCC(=O)N=Nc2c(O)n(CN3CC4(C)CC3CC(C)(C)C4)c3ccccc23)cc1OC. The van der Waals surface area contributed by atoms with Crippen LogP contribution in [0.5, 0.6) is 17.4 Å². The summed E-state index contributed by atoms with van der Waals surface area (Å²) in [6, 6.07) is 13.4. The monoisotopic (exact) mass is 547 g/mol. The molecular formula is C30H37N5O5. The molecule has 3 aromatic rings. The first-order valence-corrected chi connectivity index (χ1v) is 13.5. The van der Waals surface area contributed by atoms with Crippen molar-refractivity contribution in [2.75, 3.05) is 27.4 Å². The van der Waals surface area contributed by atoms with Gasteiger partial charge in [0.1, 0.15) is 0 Å². The second kappa shape index (κ2) is 10.9. The molecule has 1 aliphatic carbocycles. The summed E-state index contributed by atoms with van der Waals surface area (Å²) in [4.78, 5) is 20.0. The highest BCUT2D eigenvalue weighted by Gasteiger charge is 2.49. The Morgan fingerprint density at radius 2 is 1.88 bits per heavy atom. The predicted octanol–water partition coefficient (Wildman–Crippen LogP) is 5.88. The van der Waals surface area contributed by atoms with E-state index in [1.165, 1.54) is 19.1 Å². The number of fused-ring (bicyclic) bond motifs is 3. The third kappa shape index (κ3) is 5.67. The van der Waals surface area contributed by atoms with Crippen LogP contribution in [0.25, 0.3) is 10.9 Å². The fraction of sp³-hybridized carbons (Fsp3) is 0.467. The Balaban J connectivity index is 1.27. The molecular weight excluding hydrogens is 510 g/mol. The lowest BCUT2D eigenvalue weighted by atomic mass is 9.65. The van der Waals surface area contributed by atoms with E-state index in [-0.39, 0.29) is 17.0 Å². The summed E-state index contributed by atoms with van der Waals surface area (Å²) in [5, 5.41) is 23.7. The van der Waals surface area contributed by atoms with Crippen molar-refractivity contribution in [1.29, 1.82) is 0 Å². The highest BCUT2D eigenvalue weighted by atomic mass is 16.6. The molecule has 2 atom stereocenters. The maximum Gasteiger partial charge on any atom is 0.304 e. The minimum atomic E-state index is -0.621. The van der Waals surface area contributed by atoms with E-state index in [0.717, 1.165) is 23.9 Å². The number of hydrogen-bond donors (Lipinski definition) is 1. The first kappa shape index (κ1) is 27.6. The van der Waals surface area contributed by atoms with Gasteiger partial charge in [0, 0.05) is 23.5 Å². The van der Waals surface area contributed by atoms with Crippen LogP contribution in [0.3, 0.4) is 0 Å². The zero-order valence-electron chi connectivity index (χ0n) is 23.8. The molecule has 1 amide bonds. The van der Waals surface area contributed by atoms with Gasteiger partial charge in [-0.2, -0.15) is 0 Å². The van der Waals surface area contributed by atoms with Gasteiger partial charge in [0.15, 0.2) is 23.8 Å². The van der Waals surface area contributed by atoms with E-state index >= 15 is 0 Å². The van der Waals surface area contributed by atoms with Gasteiger partial charge in [-0.05, 0) is 54.4 Å². The van der Waals surface area contributed by atoms with Crippen molar-refractivity contribution >= 4 is 28.7 Å². The van der Waals surface area contributed by atoms with E-state index in [9.17, 15) is 9.90 Å². The van der Waals surface area contributed by atoms with Crippen molar-refractivity contribution in [3.05, 3.63) is 48.0 Å². The minimum absolute atomic E-state index is 0.00370. The van der Waals surface area contributed by atoms with Crippen molar-refractivity contribution in [2.24, 2.45) is 26.2 Å². The van der Waals surface area contributed by atoms with Crippen LogP contribution >= 0.6 is 0 Å². The van der Waals surface area contributed by atoms with E-state index in [1.54, 1.807) is 32.4 Å². The van der Waals surface area contributed by atoms with Gasteiger partial charge in [0.05, 0.1) is 32.6 Å². The van der Waals surface area contributed by atoms with Gasteiger partial charge >= 0.3 is 5.91 Å². The van der Waals surface area contributed by atoms with E-state index in [0.29, 0.717) is 35.2 Å². The molecule has 10 nitrogen and oxygen atoms in total.